The summed E-state index contributed by atoms with van der Waals surface area (Å²) in [6.07, 6.45) is 0.805. The molecule has 0 saturated carbocycles. The van der Waals surface area contributed by atoms with Crippen LogP contribution in [0, 0.1) is 36.5 Å². The molecule has 0 fully saturated rings. The van der Waals surface area contributed by atoms with Crippen LogP contribution in [0.25, 0.3) is 0 Å². The van der Waals surface area contributed by atoms with E-state index in [2.05, 4.69) is 49.5 Å². The molecule has 0 unspecified atom stereocenters. The predicted molar refractivity (Wildman–Crippen MR) is 141 cm³/mol. The lowest BCUT2D eigenvalue weighted by Crippen LogP contribution is -1.99. The first-order valence-electron chi connectivity index (χ1n) is 11.5. The third-order valence-electron chi connectivity index (χ3n) is 5.59. The van der Waals surface area contributed by atoms with Crippen molar-refractivity contribution in [2.45, 2.75) is 33.3 Å². The van der Waals surface area contributed by atoms with Gasteiger partial charge in [-0.15, -0.1) is 0 Å². The number of hydrogen-bond donors (Lipinski definition) is 1. The van der Waals surface area contributed by atoms with Gasteiger partial charge in [-0.1, -0.05) is 78.9 Å². The molecule has 0 spiro atoms. The first-order chi connectivity index (χ1) is 17.1. The zero-order valence-corrected chi connectivity index (χ0v) is 20.2. The number of benzene rings is 4. The van der Waals surface area contributed by atoms with E-state index in [1.807, 2.05) is 78.9 Å². The van der Waals surface area contributed by atoms with Gasteiger partial charge in [-0.05, 0) is 54.3 Å². The number of hydrogen-bond acceptors (Lipinski definition) is 4. The molecule has 0 aliphatic carbocycles. The average molecular weight is 460 g/mol. The van der Waals surface area contributed by atoms with Crippen LogP contribution in [0.4, 0.5) is 11.4 Å². The summed E-state index contributed by atoms with van der Waals surface area (Å²) in [6, 6.07) is 36.2. The zero-order chi connectivity index (χ0) is 24.9. The Hall–Kier alpha value is -4.54. The largest absolute Gasteiger partial charge is 0.489 e. The van der Waals surface area contributed by atoms with E-state index in [4.69, 9.17) is 15.3 Å². The van der Waals surface area contributed by atoms with Gasteiger partial charge in [0.2, 0.25) is 0 Å². The topological polar surface area (TPSA) is 68.8 Å². The van der Waals surface area contributed by atoms with Gasteiger partial charge in [0.1, 0.15) is 12.4 Å². The normalized spacial score (nSPS) is 9.71. The van der Waals surface area contributed by atoms with E-state index >= 15 is 0 Å². The molecule has 0 aliphatic heterocycles. The Balaban J connectivity index is 0.000000196. The van der Waals surface area contributed by atoms with Crippen molar-refractivity contribution in [2.24, 2.45) is 0 Å². The Kier molecular flexibility index (Phi) is 9.49. The fraction of sp³-hybridized carbons (Fsp3) is 0.161. The highest BCUT2D eigenvalue weighted by Gasteiger charge is 2.04. The maximum Gasteiger partial charge on any atom is 0.124 e. The average Bonchev–Trinajstić information content (AvgIpc) is 2.88. The minimum Gasteiger partial charge on any atom is -0.489 e. The number of nitrogens with zero attached hydrogens (tertiary/aromatic N) is 2. The Labute approximate surface area is 208 Å². The molecule has 1 N–H and O–H groups in total. The standard InChI is InChI=1S/C16H15NO.C15H14N2/c1-13-6-2-3-8-15(13)12-18-16-9-5-4-7-14(16)10-11-17;1-12-6-2-4-8-14(12)17-15-9-5-3-7-13(15)10-11-16/h2-9H,10,12H2,1H3;2-9,17H,10H2,1H3. The van der Waals surface area contributed by atoms with E-state index in [1.165, 1.54) is 16.7 Å². The molecule has 0 bridgehead atoms. The van der Waals surface area contributed by atoms with Gasteiger partial charge < -0.3 is 10.1 Å². The molecular weight excluding hydrogens is 430 g/mol. The summed E-state index contributed by atoms with van der Waals surface area (Å²) in [5.74, 6) is 0.794. The molecule has 4 heteroatoms. The molecule has 4 aromatic carbocycles. The molecule has 4 nitrogen and oxygen atoms in total. The predicted octanol–water partition coefficient (Wildman–Crippen LogP) is 7.44. The minimum absolute atomic E-state index is 0.379. The van der Waals surface area contributed by atoms with Gasteiger partial charge >= 0.3 is 0 Å². The molecule has 0 atom stereocenters. The summed E-state index contributed by atoms with van der Waals surface area (Å²) >= 11 is 0. The van der Waals surface area contributed by atoms with Crippen molar-refractivity contribution < 1.29 is 4.74 Å². The Bertz CT molecular complexity index is 1330. The number of rotatable bonds is 7. The van der Waals surface area contributed by atoms with Crippen molar-refractivity contribution in [1.82, 2.24) is 0 Å². The summed E-state index contributed by atoms with van der Waals surface area (Å²) < 4.78 is 5.81. The first kappa shape index (κ1) is 25.1. The second-order valence-corrected chi connectivity index (χ2v) is 8.09. The SMILES string of the molecule is Cc1ccccc1COc1ccccc1CC#N.Cc1ccccc1Nc1ccccc1CC#N. The quantitative estimate of drug-likeness (QED) is 0.312. The van der Waals surface area contributed by atoms with Gasteiger partial charge in [0.25, 0.3) is 0 Å². The highest BCUT2D eigenvalue weighted by atomic mass is 16.5. The highest BCUT2D eigenvalue weighted by molar-refractivity contribution is 5.66. The fourth-order valence-electron chi connectivity index (χ4n) is 3.54. The zero-order valence-electron chi connectivity index (χ0n) is 20.2. The van der Waals surface area contributed by atoms with Crippen molar-refractivity contribution in [3.05, 3.63) is 125 Å². The van der Waals surface area contributed by atoms with Gasteiger partial charge in [0.15, 0.2) is 0 Å². The van der Waals surface area contributed by atoms with E-state index in [1.54, 1.807) is 0 Å². The van der Waals surface area contributed by atoms with Crippen LogP contribution in [0.3, 0.4) is 0 Å². The number of nitriles is 2. The molecule has 0 heterocycles. The smallest absolute Gasteiger partial charge is 0.124 e. The van der Waals surface area contributed by atoms with Crippen LogP contribution in [0.2, 0.25) is 0 Å². The van der Waals surface area contributed by atoms with Crippen molar-refractivity contribution in [1.29, 1.82) is 10.5 Å². The molecule has 4 aromatic rings. The summed E-state index contributed by atoms with van der Waals surface area (Å²) in [6.45, 7) is 4.67. The van der Waals surface area contributed by atoms with Gasteiger partial charge in [-0.2, -0.15) is 10.5 Å². The number of nitrogens with one attached hydrogen (secondary N) is 1. The van der Waals surface area contributed by atoms with Gasteiger partial charge in [0, 0.05) is 16.9 Å². The second-order valence-electron chi connectivity index (χ2n) is 8.09. The van der Waals surface area contributed by atoms with Crippen LogP contribution in [0.5, 0.6) is 5.75 Å². The molecule has 0 radical (unpaired) electrons. The Morgan fingerprint density at radius 3 is 1.77 bits per heavy atom. The Morgan fingerprint density at radius 1 is 0.600 bits per heavy atom. The van der Waals surface area contributed by atoms with Crippen molar-refractivity contribution in [3.8, 4) is 17.9 Å². The van der Waals surface area contributed by atoms with E-state index < -0.39 is 0 Å². The van der Waals surface area contributed by atoms with Crippen LogP contribution in [-0.2, 0) is 19.4 Å². The summed E-state index contributed by atoms with van der Waals surface area (Å²) in [7, 11) is 0. The maximum absolute atomic E-state index is 8.79. The van der Waals surface area contributed by atoms with Crippen LogP contribution in [0.15, 0.2) is 97.1 Å². The molecule has 174 valence electrons. The lowest BCUT2D eigenvalue weighted by atomic mass is 10.1. The van der Waals surface area contributed by atoms with Crippen molar-refractivity contribution >= 4 is 11.4 Å². The molecule has 0 aromatic heterocycles. The van der Waals surface area contributed by atoms with Gasteiger partial charge in [-0.3, -0.25) is 0 Å². The van der Waals surface area contributed by atoms with Crippen molar-refractivity contribution in [2.75, 3.05) is 5.32 Å². The minimum atomic E-state index is 0.379. The molecule has 0 aliphatic rings. The van der Waals surface area contributed by atoms with E-state index in [0.717, 1.165) is 28.3 Å². The summed E-state index contributed by atoms with van der Waals surface area (Å²) in [5.41, 5.74) is 7.63. The van der Waals surface area contributed by atoms with Crippen LogP contribution in [0.1, 0.15) is 27.8 Å². The van der Waals surface area contributed by atoms with Crippen LogP contribution >= 0.6 is 0 Å². The third kappa shape index (κ3) is 7.49. The second kappa shape index (κ2) is 13.2. The summed E-state index contributed by atoms with van der Waals surface area (Å²) in [5, 5.41) is 20.9. The van der Waals surface area contributed by atoms with Crippen LogP contribution < -0.4 is 10.1 Å². The number of para-hydroxylation sites is 3. The highest BCUT2D eigenvalue weighted by Crippen LogP contribution is 2.23. The lowest BCUT2D eigenvalue weighted by molar-refractivity contribution is 0.303. The fourth-order valence-corrected chi connectivity index (χ4v) is 3.54. The molecule has 35 heavy (non-hydrogen) atoms. The van der Waals surface area contributed by atoms with Gasteiger partial charge in [0.05, 0.1) is 25.0 Å². The molecule has 4 rings (SSSR count). The number of anilines is 2. The number of ether oxygens (including phenoxy) is 1. The van der Waals surface area contributed by atoms with E-state index in [-0.39, 0.29) is 0 Å². The first-order valence-corrected chi connectivity index (χ1v) is 11.5. The monoisotopic (exact) mass is 459 g/mol. The summed E-state index contributed by atoms with van der Waals surface area (Å²) in [4.78, 5) is 0. The number of aryl methyl sites for hydroxylation is 2. The van der Waals surface area contributed by atoms with Crippen molar-refractivity contribution in [3.63, 3.8) is 0 Å². The molecular formula is C31H29N3O. The third-order valence-corrected chi connectivity index (χ3v) is 5.59. The van der Waals surface area contributed by atoms with Gasteiger partial charge in [-0.25, -0.2) is 0 Å². The maximum atomic E-state index is 8.79. The van der Waals surface area contributed by atoms with E-state index in [9.17, 15) is 0 Å². The molecule has 0 saturated heterocycles. The molecule has 0 amide bonds. The van der Waals surface area contributed by atoms with Crippen LogP contribution in [-0.4, -0.2) is 0 Å². The lowest BCUT2D eigenvalue weighted by Gasteiger charge is -2.12. The van der Waals surface area contributed by atoms with E-state index in [0.29, 0.717) is 19.4 Å². The Morgan fingerprint density at radius 2 is 1.11 bits per heavy atom.